The van der Waals surface area contributed by atoms with Crippen LogP contribution in [-0.2, 0) is 4.79 Å². The maximum absolute atomic E-state index is 10.8. The normalized spacial score (nSPS) is 12.6. The molecule has 58 valence electrons. The molecule has 0 fully saturated rings. The van der Waals surface area contributed by atoms with Gasteiger partial charge in [0.25, 0.3) is 0 Å². The number of carbonyl (C=O) groups is 1. The van der Waals surface area contributed by atoms with E-state index < -0.39 is 6.04 Å². The third-order valence-corrected chi connectivity index (χ3v) is 1.30. The summed E-state index contributed by atoms with van der Waals surface area (Å²) in [6, 6.07) is -0.450. The SMILES string of the molecule is C[C@H](N)C(=O)CCC(O)=S. The van der Waals surface area contributed by atoms with Gasteiger partial charge in [0, 0.05) is 12.8 Å². The van der Waals surface area contributed by atoms with Crippen molar-refractivity contribution < 1.29 is 9.90 Å². The molecule has 0 aromatic rings. The monoisotopic (exact) mass is 161 g/mol. The second-order valence-electron chi connectivity index (χ2n) is 2.15. The Balaban J connectivity index is 3.50. The minimum Gasteiger partial charge on any atom is -0.502 e. The van der Waals surface area contributed by atoms with Crippen molar-refractivity contribution >= 4 is 23.1 Å². The van der Waals surface area contributed by atoms with Crippen LogP contribution in [0.1, 0.15) is 19.8 Å². The Morgan fingerprint density at radius 1 is 1.70 bits per heavy atom. The van der Waals surface area contributed by atoms with E-state index in [0.29, 0.717) is 0 Å². The molecule has 1 atom stereocenters. The molecule has 10 heavy (non-hydrogen) atoms. The Bertz CT molecular complexity index is 145. The fourth-order valence-electron chi connectivity index (χ4n) is 0.458. The van der Waals surface area contributed by atoms with E-state index in [1.165, 1.54) is 0 Å². The Hall–Kier alpha value is -0.480. The first-order valence-corrected chi connectivity index (χ1v) is 3.45. The molecular weight excluding hydrogens is 150 g/mol. The molecule has 0 amide bonds. The number of Topliss-reactive ketones (excluding diaryl/α,β-unsaturated/α-hetero) is 1. The Morgan fingerprint density at radius 2 is 2.20 bits per heavy atom. The summed E-state index contributed by atoms with van der Waals surface area (Å²) in [6.45, 7) is 1.61. The first-order chi connectivity index (χ1) is 4.54. The van der Waals surface area contributed by atoms with Gasteiger partial charge in [0.2, 0.25) is 0 Å². The molecule has 0 radical (unpaired) electrons. The van der Waals surface area contributed by atoms with Gasteiger partial charge in [0.15, 0.2) is 5.05 Å². The van der Waals surface area contributed by atoms with Crippen molar-refractivity contribution in [2.75, 3.05) is 0 Å². The highest BCUT2D eigenvalue weighted by Gasteiger charge is 2.07. The highest BCUT2D eigenvalue weighted by atomic mass is 32.1. The van der Waals surface area contributed by atoms with Crippen molar-refractivity contribution in [1.29, 1.82) is 0 Å². The number of ketones is 1. The second kappa shape index (κ2) is 4.35. The van der Waals surface area contributed by atoms with E-state index in [4.69, 9.17) is 10.8 Å². The van der Waals surface area contributed by atoms with Gasteiger partial charge < -0.3 is 10.8 Å². The van der Waals surface area contributed by atoms with Gasteiger partial charge in [0.05, 0.1) is 6.04 Å². The zero-order valence-corrected chi connectivity index (χ0v) is 6.65. The molecule has 0 aliphatic rings. The molecule has 3 nitrogen and oxygen atoms in total. The van der Waals surface area contributed by atoms with E-state index in [1.807, 2.05) is 0 Å². The third kappa shape index (κ3) is 4.40. The van der Waals surface area contributed by atoms with Gasteiger partial charge in [-0.3, -0.25) is 4.79 Å². The van der Waals surface area contributed by atoms with Gasteiger partial charge in [-0.1, -0.05) is 0 Å². The highest BCUT2D eigenvalue weighted by molar-refractivity contribution is 7.80. The molecule has 0 aliphatic heterocycles. The molecule has 0 aromatic heterocycles. The van der Waals surface area contributed by atoms with Crippen molar-refractivity contribution in [1.82, 2.24) is 0 Å². The lowest BCUT2D eigenvalue weighted by atomic mass is 10.1. The number of nitrogens with two attached hydrogens (primary N) is 1. The minimum atomic E-state index is -0.450. The van der Waals surface area contributed by atoms with E-state index in [1.54, 1.807) is 6.92 Å². The summed E-state index contributed by atoms with van der Waals surface area (Å²) >= 11 is 4.36. The molecule has 0 heterocycles. The van der Waals surface area contributed by atoms with Crippen LogP contribution in [0.3, 0.4) is 0 Å². The first kappa shape index (κ1) is 9.52. The third-order valence-electron chi connectivity index (χ3n) is 1.09. The largest absolute Gasteiger partial charge is 0.502 e. The molecule has 0 saturated heterocycles. The van der Waals surface area contributed by atoms with Crippen molar-refractivity contribution in [3.63, 3.8) is 0 Å². The summed E-state index contributed by atoms with van der Waals surface area (Å²) in [5.41, 5.74) is 5.25. The maximum Gasteiger partial charge on any atom is 0.156 e. The fraction of sp³-hybridized carbons (Fsp3) is 0.667. The Labute approximate surface area is 65.2 Å². The van der Waals surface area contributed by atoms with Crippen LogP contribution in [0.5, 0.6) is 0 Å². The second-order valence-corrected chi connectivity index (χ2v) is 2.62. The molecule has 0 bridgehead atoms. The topological polar surface area (TPSA) is 63.3 Å². The van der Waals surface area contributed by atoms with Crippen LogP contribution in [0.25, 0.3) is 0 Å². The van der Waals surface area contributed by atoms with E-state index in [0.717, 1.165) is 0 Å². The number of rotatable bonds is 4. The molecule has 4 heteroatoms. The predicted molar refractivity (Wildman–Crippen MR) is 43.1 cm³/mol. The molecule has 0 aliphatic carbocycles. The smallest absolute Gasteiger partial charge is 0.156 e. The van der Waals surface area contributed by atoms with Crippen LogP contribution in [0.4, 0.5) is 0 Å². The molecular formula is C6H11NO2S. The first-order valence-electron chi connectivity index (χ1n) is 3.04. The van der Waals surface area contributed by atoms with Crippen molar-refractivity contribution in [2.45, 2.75) is 25.8 Å². The summed E-state index contributed by atoms with van der Waals surface area (Å²) in [7, 11) is 0. The zero-order valence-electron chi connectivity index (χ0n) is 5.83. The van der Waals surface area contributed by atoms with Gasteiger partial charge in [-0.2, -0.15) is 0 Å². The Kier molecular flexibility index (Phi) is 4.14. The van der Waals surface area contributed by atoms with Crippen molar-refractivity contribution in [2.24, 2.45) is 5.73 Å². The Morgan fingerprint density at radius 3 is 2.50 bits per heavy atom. The lowest BCUT2D eigenvalue weighted by molar-refractivity contribution is -0.119. The van der Waals surface area contributed by atoms with Crippen LogP contribution < -0.4 is 5.73 Å². The van der Waals surface area contributed by atoms with E-state index in [9.17, 15) is 4.79 Å². The average Bonchev–Trinajstić information content (AvgIpc) is 1.82. The lowest BCUT2D eigenvalue weighted by Gasteiger charge is -2.01. The number of aliphatic hydroxyl groups is 1. The number of carbonyl (C=O) groups excluding carboxylic acids is 1. The molecule has 0 aromatic carbocycles. The fourth-order valence-corrected chi connectivity index (χ4v) is 0.560. The van der Waals surface area contributed by atoms with Gasteiger partial charge in [-0.25, -0.2) is 0 Å². The van der Waals surface area contributed by atoms with Crippen LogP contribution in [-0.4, -0.2) is 22.0 Å². The summed E-state index contributed by atoms with van der Waals surface area (Å²) in [5.74, 6) is -0.0728. The number of thiocarbonyl (C=S) groups is 1. The molecule has 0 saturated carbocycles. The molecule has 3 N–H and O–H groups in total. The average molecular weight is 161 g/mol. The maximum atomic E-state index is 10.8. The summed E-state index contributed by atoms with van der Waals surface area (Å²) < 4.78 is 0. The van der Waals surface area contributed by atoms with Crippen molar-refractivity contribution in [3.8, 4) is 0 Å². The quantitative estimate of drug-likeness (QED) is 0.592. The van der Waals surface area contributed by atoms with Crippen LogP contribution in [0.2, 0.25) is 0 Å². The van der Waals surface area contributed by atoms with E-state index in [-0.39, 0.29) is 23.7 Å². The van der Waals surface area contributed by atoms with Crippen LogP contribution in [0, 0.1) is 0 Å². The van der Waals surface area contributed by atoms with Gasteiger partial charge in [-0.15, -0.1) is 0 Å². The van der Waals surface area contributed by atoms with Crippen LogP contribution in [0.15, 0.2) is 0 Å². The van der Waals surface area contributed by atoms with Gasteiger partial charge >= 0.3 is 0 Å². The summed E-state index contributed by atoms with van der Waals surface area (Å²) in [5, 5.41) is 8.39. The molecule has 0 spiro atoms. The minimum absolute atomic E-state index is 0.0728. The van der Waals surface area contributed by atoms with E-state index in [2.05, 4.69) is 12.2 Å². The van der Waals surface area contributed by atoms with Gasteiger partial charge in [0.1, 0.15) is 5.78 Å². The zero-order chi connectivity index (χ0) is 8.15. The number of aliphatic hydroxyl groups excluding tert-OH is 1. The highest BCUT2D eigenvalue weighted by Crippen LogP contribution is 1.94. The predicted octanol–water partition coefficient (Wildman–Crippen LogP) is 0.568. The standard InChI is InChI=1S/C6H11NO2S/c1-4(7)5(8)2-3-6(9)10/h4H,2-3,7H2,1H3,(H,9,10)/t4-/m0/s1. The van der Waals surface area contributed by atoms with Crippen molar-refractivity contribution in [3.05, 3.63) is 0 Å². The van der Waals surface area contributed by atoms with Gasteiger partial charge in [-0.05, 0) is 19.1 Å². The summed E-state index contributed by atoms with van der Waals surface area (Å²) in [6.07, 6.45) is 0.489. The molecule has 0 unspecified atom stereocenters. The van der Waals surface area contributed by atoms with E-state index >= 15 is 0 Å². The number of hydrogen-bond acceptors (Lipinski definition) is 3. The summed E-state index contributed by atoms with van der Waals surface area (Å²) in [4.78, 5) is 10.8. The number of hydrogen-bond donors (Lipinski definition) is 2. The molecule has 0 rings (SSSR count). The lowest BCUT2D eigenvalue weighted by Crippen LogP contribution is -2.26. The van der Waals surface area contributed by atoms with Crippen LogP contribution >= 0.6 is 12.2 Å².